The molecule has 0 fully saturated rings. The van der Waals surface area contributed by atoms with Crippen LogP contribution < -0.4 is 11.2 Å². The standard InChI is InChI=1S/C19H19BN2O3/c21-11-18(15-2-1-3-17(10-15)20(24)25)19(23)9-13-4-5-16-12-22-7-6-14(16)8-13/h1-8,10,12,18,24-25H,9,11,21H2. The van der Waals surface area contributed by atoms with E-state index in [1.54, 1.807) is 36.7 Å². The van der Waals surface area contributed by atoms with Crippen LogP contribution in [0.3, 0.4) is 0 Å². The molecule has 3 aromatic rings. The third-order valence-electron chi connectivity index (χ3n) is 4.32. The first kappa shape index (κ1) is 17.3. The molecular formula is C19H19BN2O3. The average molecular weight is 334 g/mol. The fourth-order valence-electron chi connectivity index (χ4n) is 2.96. The van der Waals surface area contributed by atoms with E-state index in [4.69, 9.17) is 5.73 Å². The Morgan fingerprint density at radius 2 is 1.96 bits per heavy atom. The van der Waals surface area contributed by atoms with Crippen LogP contribution in [-0.2, 0) is 11.2 Å². The molecule has 2 aromatic carbocycles. The molecule has 6 heteroatoms. The number of aromatic nitrogens is 1. The summed E-state index contributed by atoms with van der Waals surface area (Å²) >= 11 is 0. The zero-order chi connectivity index (χ0) is 17.8. The molecule has 126 valence electrons. The van der Waals surface area contributed by atoms with Crippen molar-refractivity contribution >= 4 is 29.1 Å². The molecule has 1 atom stereocenters. The quantitative estimate of drug-likeness (QED) is 0.579. The Hall–Kier alpha value is -2.54. The van der Waals surface area contributed by atoms with E-state index >= 15 is 0 Å². The molecule has 0 aliphatic carbocycles. The molecule has 4 N–H and O–H groups in total. The minimum Gasteiger partial charge on any atom is -0.423 e. The summed E-state index contributed by atoms with van der Waals surface area (Å²) in [6.07, 6.45) is 3.78. The molecule has 1 aromatic heterocycles. The van der Waals surface area contributed by atoms with Gasteiger partial charge >= 0.3 is 7.12 Å². The number of ketones is 1. The summed E-state index contributed by atoms with van der Waals surface area (Å²) in [5.41, 5.74) is 7.79. The van der Waals surface area contributed by atoms with Crippen molar-refractivity contribution in [1.29, 1.82) is 0 Å². The zero-order valence-electron chi connectivity index (χ0n) is 13.7. The van der Waals surface area contributed by atoms with E-state index in [1.165, 1.54) is 0 Å². The van der Waals surface area contributed by atoms with E-state index in [1.807, 2.05) is 24.3 Å². The van der Waals surface area contributed by atoms with Crippen molar-refractivity contribution in [2.45, 2.75) is 12.3 Å². The lowest BCUT2D eigenvalue weighted by Crippen LogP contribution is -2.31. The molecule has 25 heavy (non-hydrogen) atoms. The van der Waals surface area contributed by atoms with Crippen molar-refractivity contribution < 1.29 is 14.8 Å². The number of nitrogens with zero attached hydrogens (tertiary/aromatic N) is 1. The molecular weight excluding hydrogens is 315 g/mol. The second-order valence-corrected chi connectivity index (χ2v) is 6.03. The van der Waals surface area contributed by atoms with Crippen LogP contribution in [0.1, 0.15) is 17.0 Å². The largest absolute Gasteiger partial charge is 0.488 e. The van der Waals surface area contributed by atoms with Crippen molar-refractivity contribution in [2.24, 2.45) is 5.73 Å². The number of hydrogen-bond donors (Lipinski definition) is 3. The maximum atomic E-state index is 12.7. The fraction of sp³-hybridized carbons (Fsp3) is 0.158. The van der Waals surface area contributed by atoms with Gasteiger partial charge in [-0.3, -0.25) is 9.78 Å². The van der Waals surface area contributed by atoms with Gasteiger partial charge in [0, 0.05) is 30.7 Å². The van der Waals surface area contributed by atoms with E-state index in [0.29, 0.717) is 11.0 Å². The Kier molecular flexibility index (Phi) is 5.24. The summed E-state index contributed by atoms with van der Waals surface area (Å²) in [5, 5.41) is 20.7. The molecule has 0 saturated carbocycles. The van der Waals surface area contributed by atoms with Gasteiger partial charge in [0.25, 0.3) is 0 Å². The molecule has 0 saturated heterocycles. The van der Waals surface area contributed by atoms with Crippen molar-refractivity contribution in [2.75, 3.05) is 6.54 Å². The highest BCUT2D eigenvalue weighted by Gasteiger charge is 2.21. The summed E-state index contributed by atoms with van der Waals surface area (Å²) in [6, 6.07) is 14.5. The molecule has 5 nitrogen and oxygen atoms in total. The Morgan fingerprint density at radius 1 is 1.12 bits per heavy atom. The number of nitrogens with two attached hydrogens (primary N) is 1. The first-order valence-corrected chi connectivity index (χ1v) is 8.10. The Labute approximate surface area is 146 Å². The van der Waals surface area contributed by atoms with E-state index in [0.717, 1.165) is 16.3 Å². The Balaban J connectivity index is 1.83. The topological polar surface area (TPSA) is 96.4 Å². The van der Waals surface area contributed by atoms with Gasteiger partial charge in [-0.05, 0) is 28.0 Å². The summed E-state index contributed by atoms with van der Waals surface area (Å²) in [5.74, 6) is -0.479. The van der Waals surface area contributed by atoms with Gasteiger partial charge in [-0.25, -0.2) is 0 Å². The lowest BCUT2D eigenvalue weighted by Gasteiger charge is -2.15. The van der Waals surface area contributed by atoms with Crippen LogP contribution >= 0.6 is 0 Å². The Morgan fingerprint density at radius 3 is 2.72 bits per heavy atom. The van der Waals surface area contributed by atoms with Gasteiger partial charge in [-0.1, -0.05) is 42.5 Å². The summed E-state index contributed by atoms with van der Waals surface area (Å²) in [7, 11) is -1.57. The van der Waals surface area contributed by atoms with Gasteiger partial charge < -0.3 is 15.8 Å². The third kappa shape index (κ3) is 3.93. The van der Waals surface area contributed by atoms with Gasteiger partial charge in [-0.2, -0.15) is 0 Å². The summed E-state index contributed by atoms with van der Waals surface area (Å²) < 4.78 is 0. The molecule has 0 aliphatic heterocycles. The van der Waals surface area contributed by atoms with Gasteiger partial charge in [0.1, 0.15) is 5.78 Å². The average Bonchev–Trinajstić information content (AvgIpc) is 2.62. The maximum Gasteiger partial charge on any atom is 0.488 e. The molecule has 0 amide bonds. The number of carbonyl (C=O) groups excluding carboxylic acids is 1. The predicted octanol–water partition coefficient (Wildman–Crippen LogP) is 0.769. The SMILES string of the molecule is NCC(C(=O)Cc1ccc2cnccc2c1)c1cccc(B(O)O)c1. The molecule has 0 radical (unpaired) electrons. The van der Waals surface area contributed by atoms with Gasteiger partial charge in [0.05, 0.1) is 5.92 Å². The van der Waals surface area contributed by atoms with E-state index in [9.17, 15) is 14.8 Å². The van der Waals surface area contributed by atoms with E-state index in [-0.39, 0.29) is 18.7 Å². The minimum atomic E-state index is -1.57. The molecule has 1 heterocycles. The number of hydrogen-bond acceptors (Lipinski definition) is 5. The summed E-state index contributed by atoms with van der Waals surface area (Å²) in [6.45, 7) is 0.168. The first-order valence-electron chi connectivity index (χ1n) is 8.10. The minimum absolute atomic E-state index is 0.000450. The normalized spacial score (nSPS) is 12.1. The van der Waals surface area contributed by atoms with Crippen LogP contribution in [0, 0.1) is 0 Å². The van der Waals surface area contributed by atoms with Crippen molar-refractivity contribution in [3.8, 4) is 0 Å². The highest BCUT2D eigenvalue weighted by molar-refractivity contribution is 6.58. The molecule has 1 unspecified atom stereocenters. The number of fused-ring (bicyclic) bond motifs is 1. The number of pyridine rings is 1. The smallest absolute Gasteiger partial charge is 0.423 e. The van der Waals surface area contributed by atoms with Gasteiger partial charge in [0.15, 0.2) is 0 Å². The van der Waals surface area contributed by atoms with Gasteiger partial charge in [0.2, 0.25) is 0 Å². The molecule has 0 bridgehead atoms. The highest BCUT2D eigenvalue weighted by atomic mass is 16.4. The fourth-order valence-corrected chi connectivity index (χ4v) is 2.96. The molecule has 3 rings (SSSR count). The van der Waals surface area contributed by atoms with Crippen LogP contribution in [-0.4, -0.2) is 34.5 Å². The van der Waals surface area contributed by atoms with E-state index in [2.05, 4.69) is 4.98 Å². The molecule has 0 aliphatic rings. The number of carbonyl (C=O) groups is 1. The molecule has 0 spiro atoms. The second-order valence-electron chi connectivity index (χ2n) is 6.03. The van der Waals surface area contributed by atoms with Crippen LogP contribution in [0.4, 0.5) is 0 Å². The number of rotatable bonds is 6. The van der Waals surface area contributed by atoms with Crippen molar-refractivity contribution in [3.63, 3.8) is 0 Å². The van der Waals surface area contributed by atoms with Crippen molar-refractivity contribution in [1.82, 2.24) is 4.98 Å². The van der Waals surface area contributed by atoms with Crippen LogP contribution in [0.15, 0.2) is 60.9 Å². The lowest BCUT2D eigenvalue weighted by molar-refractivity contribution is -0.119. The monoisotopic (exact) mass is 334 g/mol. The van der Waals surface area contributed by atoms with Crippen LogP contribution in [0.2, 0.25) is 0 Å². The third-order valence-corrected chi connectivity index (χ3v) is 4.32. The van der Waals surface area contributed by atoms with Crippen LogP contribution in [0.5, 0.6) is 0 Å². The second kappa shape index (κ2) is 7.57. The summed E-state index contributed by atoms with van der Waals surface area (Å²) in [4.78, 5) is 16.8. The maximum absolute atomic E-state index is 12.7. The zero-order valence-corrected chi connectivity index (χ0v) is 13.7. The predicted molar refractivity (Wildman–Crippen MR) is 98.5 cm³/mol. The van der Waals surface area contributed by atoms with Gasteiger partial charge in [-0.15, -0.1) is 0 Å². The number of Topliss-reactive ketones (excluding diaryl/α,β-unsaturated/α-hetero) is 1. The van der Waals surface area contributed by atoms with Crippen molar-refractivity contribution in [3.05, 3.63) is 72.1 Å². The Bertz CT molecular complexity index is 898. The lowest BCUT2D eigenvalue weighted by atomic mass is 9.78. The van der Waals surface area contributed by atoms with Crippen LogP contribution in [0.25, 0.3) is 10.8 Å². The van der Waals surface area contributed by atoms with E-state index < -0.39 is 13.0 Å². The first-order chi connectivity index (χ1) is 12.1. The highest BCUT2D eigenvalue weighted by Crippen LogP contribution is 2.20. The number of benzene rings is 2.